The summed E-state index contributed by atoms with van der Waals surface area (Å²) in [5, 5.41) is 10.8. The number of phenolic OH excluding ortho intramolecular Hbond substituents is 1. The van der Waals surface area contributed by atoms with Gasteiger partial charge in [-0.15, -0.1) is 0 Å². The largest absolute Gasteiger partial charge is 0.503 e. The molecule has 1 N–H and O–H groups in total. The first kappa shape index (κ1) is 22.1. The number of hydrogen-bond acceptors (Lipinski definition) is 8. The summed E-state index contributed by atoms with van der Waals surface area (Å²) in [6.07, 6.45) is 2.22. The van der Waals surface area contributed by atoms with Gasteiger partial charge in [-0.1, -0.05) is 0 Å². The number of esters is 1. The van der Waals surface area contributed by atoms with Gasteiger partial charge in [0.25, 0.3) is 0 Å². The first-order valence-electron chi connectivity index (χ1n) is 9.78. The molecule has 0 unspecified atom stereocenters. The number of cyclic esters (lactones) is 1. The second-order valence-corrected chi connectivity index (χ2v) is 8.09. The minimum absolute atomic E-state index is 0.144. The first-order chi connectivity index (χ1) is 15.4. The number of rotatable bonds is 5. The number of hydrogen-bond donors (Lipinski definition) is 1. The average molecular weight is 507 g/mol. The van der Waals surface area contributed by atoms with Crippen molar-refractivity contribution in [3.63, 3.8) is 0 Å². The normalized spacial score (nSPS) is 18.1. The minimum atomic E-state index is -0.391. The molecule has 2 aliphatic rings. The van der Waals surface area contributed by atoms with Crippen LogP contribution in [0.1, 0.15) is 11.1 Å². The lowest BCUT2D eigenvalue weighted by atomic mass is 9.82. The van der Waals surface area contributed by atoms with Gasteiger partial charge in [0.2, 0.25) is 11.5 Å². The third kappa shape index (κ3) is 3.14. The maximum atomic E-state index is 12.5. The lowest BCUT2D eigenvalue weighted by Crippen LogP contribution is -2.13. The summed E-state index contributed by atoms with van der Waals surface area (Å²) >= 11 is 3.48. The van der Waals surface area contributed by atoms with Crippen molar-refractivity contribution < 1.29 is 38.3 Å². The number of ether oxygens (including phenoxy) is 6. The van der Waals surface area contributed by atoms with E-state index >= 15 is 0 Å². The van der Waals surface area contributed by atoms with Gasteiger partial charge < -0.3 is 33.5 Å². The topological polar surface area (TPSA) is 92.7 Å². The molecule has 1 aliphatic heterocycles. The number of carbonyl (C=O) groups excluding carboxylic acids is 1. The van der Waals surface area contributed by atoms with E-state index in [1.54, 1.807) is 20.3 Å². The van der Waals surface area contributed by atoms with E-state index in [2.05, 4.69) is 15.9 Å². The molecule has 1 aliphatic carbocycles. The fourth-order valence-corrected chi connectivity index (χ4v) is 4.87. The molecule has 0 spiro atoms. The highest BCUT2D eigenvalue weighted by molar-refractivity contribution is 9.10. The summed E-state index contributed by atoms with van der Waals surface area (Å²) in [5.41, 5.74) is 3.15. The van der Waals surface area contributed by atoms with E-state index in [9.17, 15) is 9.90 Å². The van der Waals surface area contributed by atoms with Crippen molar-refractivity contribution in [1.82, 2.24) is 0 Å². The zero-order valence-corrected chi connectivity index (χ0v) is 19.9. The number of fused-ring (bicyclic) bond motifs is 4. The summed E-state index contributed by atoms with van der Waals surface area (Å²) in [6, 6.07) is 1.86. The number of benzene rings is 2. The molecule has 1 fully saturated rings. The minimum Gasteiger partial charge on any atom is -0.503 e. The smallest absolute Gasteiger partial charge is 0.334 e. The molecule has 0 saturated carbocycles. The highest BCUT2D eigenvalue weighted by atomic mass is 79.9. The van der Waals surface area contributed by atoms with Crippen molar-refractivity contribution in [3.05, 3.63) is 27.2 Å². The fraction of sp³-hybridized carbons (Fsp3) is 0.348. The predicted octanol–water partition coefficient (Wildman–Crippen LogP) is 3.98. The van der Waals surface area contributed by atoms with Crippen molar-refractivity contribution in [3.8, 4) is 45.6 Å². The Hall–Kier alpha value is -3.07. The van der Waals surface area contributed by atoms with Gasteiger partial charge in [0.05, 0.1) is 46.6 Å². The molecule has 8 nitrogen and oxygen atoms in total. The number of methoxy groups -OCH3 is 5. The Morgan fingerprint density at radius 3 is 2.16 bits per heavy atom. The number of phenols is 1. The summed E-state index contributed by atoms with van der Waals surface area (Å²) in [5.74, 6) is 1.05. The Labute approximate surface area is 193 Å². The second kappa shape index (κ2) is 8.46. The molecular formula is C23H23BrO8. The van der Waals surface area contributed by atoms with Gasteiger partial charge in [-0.2, -0.15) is 0 Å². The van der Waals surface area contributed by atoms with E-state index in [0.717, 1.165) is 5.56 Å². The van der Waals surface area contributed by atoms with Crippen molar-refractivity contribution in [2.75, 3.05) is 42.2 Å². The molecular weight excluding hydrogens is 484 g/mol. The molecule has 1 atom stereocenters. The Bertz CT molecular complexity index is 1140. The SMILES string of the molecule is COc1cc2c(c(OC)c1OC)-c1c(c(Br)c(O)c(OC)c1OC)/C=C1/C(=O)OC[C@H]1C2. The van der Waals surface area contributed by atoms with E-state index in [4.69, 9.17) is 28.4 Å². The molecule has 170 valence electrons. The van der Waals surface area contributed by atoms with Crippen LogP contribution < -0.4 is 23.7 Å². The zero-order valence-electron chi connectivity index (χ0n) is 18.3. The van der Waals surface area contributed by atoms with E-state index < -0.39 is 5.97 Å². The van der Waals surface area contributed by atoms with Crippen LogP contribution in [0.2, 0.25) is 0 Å². The molecule has 1 saturated heterocycles. The molecule has 1 heterocycles. The second-order valence-electron chi connectivity index (χ2n) is 7.30. The van der Waals surface area contributed by atoms with Gasteiger partial charge in [-0.3, -0.25) is 0 Å². The summed E-state index contributed by atoms with van der Waals surface area (Å²) < 4.78 is 33.9. The number of halogens is 1. The molecule has 0 bridgehead atoms. The van der Waals surface area contributed by atoms with Crippen LogP contribution in [0.15, 0.2) is 16.1 Å². The third-order valence-corrected chi connectivity index (χ3v) is 6.59. The van der Waals surface area contributed by atoms with Crippen molar-refractivity contribution in [2.45, 2.75) is 6.42 Å². The summed E-state index contributed by atoms with van der Waals surface area (Å²) in [4.78, 5) is 12.5. The quantitative estimate of drug-likeness (QED) is 0.608. The van der Waals surface area contributed by atoms with Crippen molar-refractivity contribution in [2.24, 2.45) is 5.92 Å². The lowest BCUT2D eigenvalue weighted by molar-refractivity contribution is -0.135. The van der Waals surface area contributed by atoms with Crippen LogP contribution in [0.25, 0.3) is 17.2 Å². The van der Waals surface area contributed by atoms with Crippen LogP contribution in [0, 0.1) is 5.92 Å². The molecule has 4 rings (SSSR count). The molecule has 0 amide bonds. The van der Waals surface area contributed by atoms with Crippen LogP contribution in [0.4, 0.5) is 0 Å². The van der Waals surface area contributed by atoms with E-state index in [1.807, 2.05) is 6.07 Å². The summed E-state index contributed by atoms with van der Waals surface area (Å²) in [6.45, 7) is 0.257. The van der Waals surface area contributed by atoms with Gasteiger partial charge >= 0.3 is 5.97 Å². The van der Waals surface area contributed by atoms with Gasteiger partial charge in [0.1, 0.15) is 0 Å². The Balaban J connectivity index is 2.24. The van der Waals surface area contributed by atoms with Crippen molar-refractivity contribution >= 4 is 28.0 Å². The Morgan fingerprint density at radius 2 is 1.56 bits per heavy atom. The van der Waals surface area contributed by atoms with E-state index in [1.165, 1.54) is 21.3 Å². The molecule has 32 heavy (non-hydrogen) atoms. The van der Waals surface area contributed by atoms with Gasteiger partial charge in [-0.25, -0.2) is 4.79 Å². The highest BCUT2D eigenvalue weighted by Crippen LogP contribution is 2.58. The van der Waals surface area contributed by atoms with Crippen LogP contribution >= 0.6 is 15.9 Å². The fourth-order valence-electron chi connectivity index (χ4n) is 4.37. The molecule has 2 aromatic rings. The maximum absolute atomic E-state index is 12.5. The van der Waals surface area contributed by atoms with Gasteiger partial charge in [0.15, 0.2) is 23.0 Å². The Kier molecular flexibility index (Phi) is 5.85. The molecule has 9 heteroatoms. The molecule has 0 aromatic heterocycles. The monoisotopic (exact) mass is 506 g/mol. The highest BCUT2D eigenvalue weighted by Gasteiger charge is 2.38. The maximum Gasteiger partial charge on any atom is 0.334 e. The standard InChI is InChI=1S/C23H23BrO8/c1-27-14-7-10-6-11-9-32-23(26)12(11)8-13-16(15(10)20(29-3)19(14)28-2)21(30-4)22(31-5)18(25)17(13)24/h7-8,11,25H,6,9H2,1-5H3/b12-8+/t11-/m1/s1. The van der Waals surface area contributed by atoms with Gasteiger partial charge in [-0.05, 0) is 40.1 Å². The molecule has 0 radical (unpaired) electrons. The van der Waals surface area contributed by atoms with Crippen LogP contribution in [0.5, 0.6) is 34.5 Å². The Morgan fingerprint density at radius 1 is 0.938 bits per heavy atom. The van der Waals surface area contributed by atoms with Crippen molar-refractivity contribution in [1.29, 1.82) is 0 Å². The average Bonchev–Trinajstić information content (AvgIpc) is 3.12. The third-order valence-electron chi connectivity index (χ3n) is 5.79. The first-order valence-corrected chi connectivity index (χ1v) is 10.6. The van der Waals surface area contributed by atoms with Crippen LogP contribution in [-0.2, 0) is 16.0 Å². The number of aromatic hydroxyl groups is 1. The van der Waals surface area contributed by atoms with Crippen LogP contribution in [0.3, 0.4) is 0 Å². The van der Waals surface area contributed by atoms with E-state index in [-0.39, 0.29) is 29.8 Å². The molecule has 2 aromatic carbocycles. The number of carbonyl (C=O) groups is 1. The predicted molar refractivity (Wildman–Crippen MR) is 120 cm³/mol. The van der Waals surface area contributed by atoms with Crippen LogP contribution in [-0.4, -0.2) is 53.2 Å². The van der Waals surface area contributed by atoms with Gasteiger partial charge in [0, 0.05) is 28.2 Å². The summed E-state index contributed by atoms with van der Waals surface area (Å²) in [7, 11) is 7.54. The lowest BCUT2D eigenvalue weighted by Gasteiger charge is -2.27. The zero-order chi connectivity index (χ0) is 23.2. The van der Waals surface area contributed by atoms with E-state index in [0.29, 0.717) is 50.4 Å².